The minimum atomic E-state index is -0.891. The molecule has 0 saturated carbocycles. The topological polar surface area (TPSA) is 131 Å². The largest absolute Gasteiger partial charge is 0.349 e. The van der Waals surface area contributed by atoms with Gasteiger partial charge in [-0.15, -0.1) is 5.10 Å². The molecule has 0 spiro atoms. The van der Waals surface area contributed by atoms with Gasteiger partial charge in [-0.05, 0) is 24.1 Å². The number of benzene rings is 1. The number of H-pyrrole nitrogens is 1. The molecule has 0 saturated heterocycles. The Labute approximate surface area is 189 Å². The monoisotopic (exact) mass is 471 g/mol. The number of halogens is 2. The summed E-state index contributed by atoms with van der Waals surface area (Å²) in [5.41, 5.74) is -0.645. The van der Waals surface area contributed by atoms with Gasteiger partial charge < -0.3 is 4.57 Å². The van der Waals surface area contributed by atoms with E-state index in [4.69, 9.17) is 28.5 Å². The predicted molar refractivity (Wildman–Crippen MR) is 119 cm³/mol. The summed E-state index contributed by atoms with van der Waals surface area (Å²) >= 11 is 13.0. The molecule has 0 radical (unpaired) electrons. The molecule has 10 nitrogen and oxygen atoms in total. The lowest BCUT2D eigenvalue weighted by Gasteiger charge is -2.13. The Kier molecular flexibility index (Phi) is 5.46. The SMILES string of the molecule is CC(C)Cn1c(=O)ccc2c1cnn2-c1c(Cl)cc(-n2nc(C#N)c(=O)[nH]c2=O)cc1Cl. The molecule has 32 heavy (non-hydrogen) atoms. The fourth-order valence-electron chi connectivity index (χ4n) is 3.33. The molecule has 0 fully saturated rings. The van der Waals surface area contributed by atoms with Crippen LogP contribution in [0.2, 0.25) is 10.0 Å². The van der Waals surface area contributed by atoms with Crippen LogP contribution in [0.1, 0.15) is 19.5 Å². The van der Waals surface area contributed by atoms with Gasteiger partial charge in [-0.1, -0.05) is 37.0 Å². The van der Waals surface area contributed by atoms with Gasteiger partial charge in [0.15, 0.2) is 0 Å². The molecule has 1 N–H and O–H groups in total. The van der Waals surface area contributed by atoms with Crippen molar-refractivity contribution in [3.63, 3.8) is 0 Å². The van der Waals surface area contributed by atoms with Crippen molar-refractivity contribution in [3.8, 4) is 17.4 Å². The molecule has 3 aromatic heterocycles. The van der Waals surface area contributed by atoms with E-state index in [-0.39, 0.29) is 27.2 Å². The van der Waals surface area contributed by atoms with Crippen LogP contribution < -0.4 is 16.8 Å². The number of pyridine rings is 1. The Balaban J connectivity index is 1.90. The summed E-state index contributed by atoms with van der Waals surface area (Å²) in [5.74, 6) is 0.245. The van der Waals surface area contributed by atoms with E-state index in [9.17, 15) is 14.4 Å². The number of hydrogen-bond donors (Lipinski definition) is 1. The summed E-state index contributed by atoms with van der Waals surface area (Å²) in [5, 5.41) is 17.4. The fourth-order valence-corrected chi connectivity index (χ4v) is 3.96. The molecule has 162 valence electrons. The summed E-state index contributed by atoms with van der Waals surface area (Å²) in [6.07, 6.45) is 1.56. The van der Waals surface area contributed by atoms with Gasteiger partial charge >= 0.3 is 5.69 Å². The van der Waals surface area contributed by atoms with Gasteiger partial charge in [-0.3, -0.25) is 14.6 Å². The second kappa shape index (κ2) is 8.11. The average molecular weight is 472 g/mol. The standard InChI is InChI=1S/C20H15Cl2N7O3/c1-10(2)9-27-16-8-24-29(15(16)3-4-17(27)30)18-12(21)5-11(6-13(18)22)28-20(32)25-19(31)14(7-23)26-28/h3-6,8,10H,9H2,1-2H3,(H,25,31,32). The molecule has 0 aliphatic rings. The van der Waals surface area contributed by atoms with Crippen molar-refractivity contribution >= 4 is 34.2 Å². The number of nitriles is 1. The molecule has 0 bridgehead atoms. The van der Waals surface area contributed by atoms with E-state index in [0.717, 1.165) is 4.68 Å². The molecule has 0 atom stereocenters. The first kappa shape index (κ1) is 21.5. The van der Waals surface area contributed by atoms with E-state index < -0.39 is 16.9 Å². The first-order chi connectivity index (χ1) is 15.2. The number of aromatic amines is 1. The highest BCUT2D eigenvalue weighted by Gasteiger charge is 2.18. The Hall–Kier alpha value is -3.68. The molecule has 12 heteroatoms. The highest BCUT2D eigenvalue weighted by atomic mass is 35.5. The number of rotatable bonds is 4. The van der Waals surface area contributed by atoms with E-state index in [2.05, 4.69) is 10.2 Å². The molecular weight excluding hydrogens is 457 g/mol. The maximum absolute atomic E-state index is 12.3. The lowest BCUT2D eigenvalue weighted by Crippen LogP contribution is -2.33. The van der Waals surface area contributed by atoms with Gasteiger partial charge in [0.2, 0.25) is 5.69 Å². The predicted octanol–water partition coefficient (Wildman–Crippen LogP) is 2.26. The molecule has 4 rings (SSSR count). The maximum atomic E-state index is 12.3. The first-order valence-electron chi connectivity index (χ1n) is 9.42. The second-order valence-electron chi connectivity index (χ2n) is 7.39. The average Bonchev–Trinajstić information content (AvgIpc) is 3.13. The van der Waals surface area contributed by atoms with Gasteiger partial charge in [0, 0.05) is 12.6 Å². The van der Waals surface area contributed by atoms with Crippen molar-refractivity contribution in [2.24, 2.45) is 5.92 Å². The van der Waals surface area contributed by atoms with Gasteiger partial charge in [0.1, 0.15) is 11.8 Å². The Morgan fingerprint density at radius 2 is 1.78 bits per heavy atom. The normalized spacial score (nSPS) is 11.2. The van der Waals surface area contributed by atoms with Gasteiger partial charge in [0.05, 0.1) is 33.0 Å². The van der Waals surface area contributed by atoms with E-state index in [1.807, 2.05) is 18.8 Å². The third-order valence-corrected chi connectivity index (χ3v) is 5.24. The molecule has 0 aliphatic carbocycles. The zero-order chi connectivity index (χ0) is 23.2. The fraction of sp³-hybridized carbons (Fsp3) is 0.200. The summed E-state index contributed by atoms with van der Waals surface area (Å²) in [6, 6.07) is 7.52. The van der Waals surface area contributed by atoms with E-state index in [1.54, 1.807) is 22.9 Å². The van der Waals surface area contributed by atoms with Crippen LogP contribution in [-0.2, 0) is 6.54 Å². The van der Waals surface area contributed by atoms with Gasteiger partial charge in [0.25, 0.3) is 11.1 Å². The van der Waals surface area contributed by atoms with Crippen molar-refractivity contribution in [1.82, 2.24) is 29.1 Å². The number of nitrogens with one attached hydrogen (secondary N) is 1. The third-order valence-electron chi connectivity index (χ3n) is 4.67. The highest BCUT2D eigenvalue weighted by molar-refractivity contribution is 6.38. The van der Waals surface area contributed by atoms with Crippen LogP contribution in [0.5, 0.6) is 0 Å². The summed E-state index contributed by atoms with van der Waals surface area (Å²) < 4.78 is 3.96. The number of hydrogen-bond acceptors (Lipinski definition) is 6. The molecule has 0 amide bonds. The van der Waals surface area contributed by atoms with E-state index >= 15 is 0 Å². The van der Waals surface area contributed by atoms with E-state index in [1.165, 1.54) is 22.9 Å². The van der Waals surface area contributed by atoms with Crippen molar-refractivity contribution in [1.29, 1.82) is 5.26 Å². The maximum Gasteiger partial charge on any atom is 0.349 e. The van der Waals surface area contributed by atoms with Crippen LogP contribution >= 0.6 is 23.2 Å². The van der Waals surface area contributed by atoms with Crippen LogP contribution in [0.15, 0.2) is 44.8 Å². The first-order valence-corrected chi connectivity index (χ1v) is 10.2. The Morgan fingerprint density at radius 1 is 1.09 bits per heavy atom. The molecule has 4 aromatic rings. The van der Waals surface area contributed by atoms with Crippen LogP contribution in [-0.4, -0.2) is 29.1 Å². The lowest BCUT2D eigenvalue weighted by atomic mass is 10.2. The molecule has 0 unspecified atom stereocenters. The van der Waals surface area contributed by atoms with Crippen LogP contribution in [0, 0.1) is 17.2 Å². The minimum absolute atomic E-state index is 0.137. The number of fused-ring (bicyclic) bond motifs is 1. The summed E-state index contributed by atoms with van der Waals surface area (Å²) in [7, 11) is 0. The van der Waals surface area contributed by atoms with Crippen molar-refractivity contribution in [3.05, 3.63) is 77.4 Å². The molecule has 3 heterocycles. The molecule has 0 aliphatic heterocycles. The quantitative estimate of drug-likeness (QED) is 0.485. The Morgan fingerprint density at radius 3 is 2.41 bits per heavy atom. The number of aromatic nitrogens is 6. The van der Waals surface area contributed by atoms with E-state index in [0.29, 0.717) is 23.3 Å². The minimum Gasteiger partial charge on any atom is -0.305 e. The van der Waals surface area contributed by atoms with Gasteiger partial charge in [-0.25, -0.2) is 9.48 Å². The smallest absolute Gasteiger partial charge is 0.305 e. The van der Waals surface area contributed by atoms with Crippen molar-refractivity contribution in [2.75, 3.05) is 0 Å². The van der Waals surface area contributed by atoms with Gasteiger partial charge in [-0.2, -0.15) is 15.0 Å². The van der Waals surface area contributed by atoms with Crippen LogP contribution in [0.25, 0.3) is 22.4 Å². The second-order valence-corrected chi connectivity index (χ2v) is 8.21. The zero-order valence-corrected chi connectivity index (χ0v) is 18.3. The lowest BCUT2D eigenvalue weighted by molar-refractivity contribution is 0.524. The highest BCUT2D eigenvalue weighted by Crippen LogP contribution is 2.32. The zero-order valence-electron chi connectivity index (χ0n) is 16.8. The van der Waals surface area contributed by atoms with Crippen molar-refractivity contribution in [2.45, 2.75) is 20.4 Å². The Bertz CT molecular complexity index is 1560. The molecule has 1 aromatic carbocycles. The third kappa shape index (κ3) is 3.62. The number of nitrogens with zero attached hydrogens (tertiary/aromatic N) is 6. The van der Waals surface area contributed by atoms with Crippen molar-refractivity contribution < 1.29 is 0 Å². The molecular formula is C20H15Cl2N7O3. The van der Waals surface area contributed by atoms with Crippen LogP contribution in [0.4, 0.5) is 0 Å². The summed E-state index contributed by atoms with van der Waals surface area (Å²) in [4.78, 5) is 38.1. The van der Waals surface area contributed by atoms with Crippen LogP contribution in [0.3, 0.4) is 0 Å². The summed E-state index contributed by atoms with van der Waals surface area (Å²) in [6.45, 7) is 4.53.